The van der Waals surface area contributed by atoms with Crippen LogP contribution in [0.25, 0.3) is 0 Å². The predicted octanol–water partition coefficient (Wildman–Crippen LogP) is 3.38. The molecule has 5 heteroatoms. The quantitative estimate of drug-likeness (QED) is 0.876. The van der Waals surface area contributed by atoms with Gasteiger partial charge in [0.05, 0.1) is 4.90 Å². The van der Waals surface area contributed by atoms with E-state index in [0.29, 0.717) is 11.0 Å². The summed E-state index contributed by atoms with van der Waals surface area (Å²) in [5.41, 5.74) is 1.58. The summed E-state index contributed by atoms with van der Waals surface area (Å²) in [6.07, 6.45) is 0. The smallest absolute Gasteiger partial charge is 0.261 e. The summed E-state index contributed by atoms with van der Waals surface area (Å²) in [5, 5.41) is 0.688. The van der Waals surface area contributed by atoms with Crippen molar-refractivity contribution in [3.05, 3.63) is 60.2 Å². The fourth-order valence-electron chi connectivity index (χ4n) is 1.53. The Labute approximate surface area is 115 Å². The van der Waals surface area contributed by atoms with Crippen molar-refractivity contribution in [1.82, 2.24) is 0 Å². The Kier molecular flexibility index (Phi) is 4.04. The molecular formula is C13H12BrNO2S. The summed E-state index contributed by atoms with van der Waals surface area (Å²) in [4.78, 5) is 0.259. The van der Waals surface area contributed by atoms with Gasteiger partial charge < -0.3 is 0 Å². The molecule has 94 valence electrons. The monoisotopic (exact) mass is 325 g/mol. The van der Waals surface area contributed by atoms with E-state index in [4.69, 9.17) is 0 Å². The van der Waals surface area contributed by atoms with Gasteiger partial charge in [-0.25, -0.2) is 8.42 Å². The van der Waals surface area contributed by atoms with Gasteiger partial charge in [-0.1, -0.05) is 46.3 Å². The number of benzene rings is 2. The van der Waals surface area contributed by atoms with Crippen LogP contribution in [0.3, 0.4) is 0 Å². The highest BCUT2D eigenvalue weighted by molar-refractivity contribution is 9.08. The standard InChI is InChI=1S/C13H12BrNO2S/c14-10-11-5-4-6-12(9-11)15-18(16,17)13-7-2-1-3-8-13/h1-9,15H,10H2. The van der Waals surface area contributed by atoms with E-state index in [1.54, 1.807) is 42.5 Å². The molecule has 3 nitrogen and oxygen atoms in total. The Morgan fingerprint density at radius 2 is 1.72 bits per heavy atom. The van der Waals surface area contributed by atoms with Crippen molar-refractivity contribution in [3.63, 3.8) is 0 Å². The number of alkyl halides is 1. The average molecular weight is 326 g/mol. The van der Waals surface area contributed by atoms with Crippen LogP contribution in [0.1, 0.15) is 5.56 Å². The van der Waals surface area contributed by atoms with Gasteiger partial charge in [0.25, 0.3) is 10.0 Å². The number of hydrogen-bond donors (Lipinski definition) is 1. The molecular weight excluding hydrogens is 314 g/mol. The van der Waals surface area contributed by atoms with Gasteiger partial charge in [0.15, 0.2) is 0 Å². The van der Waals surface area contributed by atoms with Crippen LogP contribution in [0, 0.1) is 0 Å². The van der Waals surface area contributed by atoms with Crippen molar-refractivity contribution in [2.45, 2.75) is 10.2 Å². The Morgan fingerprint density at radius 1 is 1.00 bits per heavy atom. The summed E-state index contributed by atoms with van der Waals surface area (Å²) in [6.45, 7) is 0. The van der Waals surface area contributed by atoms with E-state index in [1.807, 2.05) is 12.1 Å². The molecule has 0 aliphatic heterocycles. The first kappa shape index (κ1) is 13.1. The summed E-state index contributed by atoms with van der Waals surface area (Å²) in [5.74, 6) is 0. The Bertz CT molecular complexity index is 626. The highest BCUT2D eigenvalue weighted by Gasteiger charge is 2.13. The SMILES string of the molecule is O=S(=O)(Nc1cccc(CBr)c1)c1ccccc1. The normalized spacial score (nSPS) is 11.2. The lowest BCUT2D eigenvalue weighted by molar-refractivity contribution is 0.601. The maximum atomic E-state index is 12.1. The molecule has 0 saturated heterocycles. The number of rotatable bonds is 4. The van der Waals surface area contributed by atoms with Crippen molar-refractivity contribution < 1.29 is 8.42 Å². The summed E-state index contributed by atoms with van der Waals surface area (Å²) in [7, 11) is -3.50. The molecule has 0 spiro atoms. The zero-order valence-corrected chi connectivity index (χ0v) is 11.9. The fourth-order valence-corrected chi connectivity index (χ4v) is 2.95. The van der Waals surface area contributed by atoms with Crippen LogP contribution in [-0.4, -0.2) is 8.42 Å². The Balaban J connectivity index is 2.28. The predicted molar refractivity (Wildman–Crippen MR) is 76.3 cm³/mol. The van der Waals surface area contributed by atoms with Crippen LogP contribution >= 0.6 is 15.9 Å². The first-order chi connectivity index (χ1) is 8.62. The van der Waals surface area contributed by atoms with E-state index in [1.165, 1.54) is 0 Å². The molecule has 0 fully saturated rings. The van der Waals surface area contributed by atoms with Crippen LogP contribution in [0.15, 0.2) is 59.5 Å². The van der Waals surface area contributed by atoms with Gasteiger partial charge in [-0.2, -0.15) is 0 Å². The number of nitrogens with one attached hydrogen (secondary N) is 1. The third-order valence-corrected chi connectivity index (χ3v) is 4.43. The van der Waals surface area contributed by atoms with Gasteiger partial charge in [0.1, 0.15) is 0 Å². The van der Waals surface area contributed by atoms with Crippen LogP contribution in [0.5, 0.6) is 0 Å². The van der Waals surface area contributed by atoms with Gasteiger partial charge in [-0.3, -0.25) is 4.72 Å². The molecule has 0 heterocycles. The van der Waals surface area contributed by atoms with Crippen LogP contribution in [0.4, 0.5) is 5.69 Å². The van der Waals surface area contributed by atoms with E-state index < -0.39 is 10.0 Å². The number of halogens is 1. The Hall–Kier alpha value is -1.33. The van der Waals surface area contributed by atoms with E-state index in [0.717, 1.165) is 5.56 Å². The molecule has 0 amide bonds. The summed E-state index contributed by atoms with van der Waals surface area (Å²) < 4.78 is 26.7. The average Bonchev–Trinajstić information content (AvgIpc) is 2.39. The molecule has 0 bridgehead atoms. The molecule has 0 atom stereocenters. The molecule has 0 radical (unpaired) electrons. The number of anilines is 1. The number of sulfonamides is 1. The highest BCUT2D eigenvalue weighted by atomic mass is 79.9. The summed E-state index contributed by atoms with van der Waals surface area (Å²) >= 11 is 3.34. The third-order valence-electron chi connectivity index (χ3n) is 2.39. The molecule has 1 N–H and O–H groups in total. The largest absolute Gasteiger partial charge is 0.280 e. The molecule has 0 aliphatic rings. The van der Waals surface area contributed by atoms with Crippen LogP contribution < -0.4 is 4.72 Å². The van der Waals surface area contributed by atoms with E-state index >= 15 is 0 Å². The molecule has 0 aromatic heterocycles. The minimum Gasteiger partial charge on any atom is -0.280 e. The van der Waals surface area contributed by atoms with Gasteiger partial charge in [0.2, 0.25) is 0 Å². The molecule has 2 aromatic carbocycles. The molecule has 2 aromatic rings. The number of hydrogen-bond acceptors (Lipinski definition) is 2. The lowest BCUT2D eigenvalue weighted by atomic mass is 10.2. The lowest BCUT2D eigenvalue weighted by Gasteiger charge is -2.08. The van der Waals surface area contributed by atoms with E-state index in [-0.39, 0.29) is 4.90 Å². The molecule has 2 rings (SSSR count). The van der Waals surface area contributed by atoms with Gasteiger partial charge in [-0.15, -0.1) is 0 Å². The first-order valence-corrected chi connectivity index (χ1v) is 7.95. The van der Waals surface area contributed by atoms with Crippen LogP contribution in [0.2, 0.25) is 0 Å². The zero-order chi connectivity index (χ0) is 13.0. The minimum atomic E-state index is -3.50. The lowest BCUT2D eigenvalue weighted by Crippen LogP contribution is -2.12. The third kappa shape index (κ3) is 3.11. The van der Waals surface area contributed by atoms with Crippen molar-refractivity contribution in [3.8, 4) is 0 Å². The second-order valence-corrected chi connectivity index (χ2v) is 6.00. The van der Waals surface area contributed by atoms with E-state index in [2.05, 4.69) is 20.7 Å². The van der Waals surface area contributed by atoms with Crippen molar-refractivity contribution in [2.75, 3.05) is 4.72 Å². The second-order valence-electron chi connectivity index (χ2n) is 3.75. The Morgan fingerprint density at radius 3 is 2.39 bits per heavy atom. The maximum Gasteiger partial charge on any atom is 0.261 e. The molecule has 18 heavy (non-hydrogen) atoms. The summed E-state index contributed by atoms with van der Waals surface area (Å²) in [6, 6.07) is 15.6. The first-order valence-electron chi connectivity index (χ1n) is 5.34. The van der Waals surface area contributed by atoms with Gasteiger partial charge >= 0.3 is 0 Å². The topological polar surface area (TPSA) is 46.2 Å². The molecule has 0 saturated carbocycles. The minimum absolute atomic E-state index is 0.259. The second kappa shape index (κ2) is 5.54. The van der Waals surface area contributed by atoms with Gasteiger partial charge in [0, 0.05) is 11.0 Å². The van der Waals surface area contributed by atoms with E-state index in [9.17, 15) is 8.42 Å². The van der Waals surface area contributed by atoms with Crippen LogP contribution in [-0.2, 0) is 15.4 Å². The van der Waals surface area contributed by atoms with Gasteiger partial charge in [-0.05, 0) is 29.8 Å². The molecule has 0 aliphatic carbocycles. The zero-order valence-electron chi connectivity index (χ0n) is 9.51. The maximum absolute atomic E-state index is 12.1. The van der Waals surface area contributed by atoms with Crippen molar-refractivity contribution >= 4 is 31.6 Å². The highest BCUT2D eigenvalue weighted by Crippen LogP contribution is 2.18. The molecule has 0 unspecified atom stereocenters. The fraction of sp³-hybridized carbons (Fsp3) is 0.0769. The van der Waals surface area contributed by atoms with Crippen molar-refractivity contribution in [2.24, 2.45) is 0 Å². The van der Waals surface area contributed by atoms with Crippen molar-refractivity contribution in [1.29, 1.82) is 0 Å².